The Morgan fingerprint density at radius 1 is 1.19 bits per heavy atom. The Morgan fingerprint density at radius 2 is 2.08 bits per heavy atom. The van der Waals surface area contributed by atoms with Gasteiger partial charge in [-0.3, -0.25) is 9.78 Å². The number of pyridine rings is 1. The fourth-order valence-electron chi connectivity index (χ4n) is 5.52. The van der Waals surface area contributed by atoms with Crippen LogP contribution in [0.4, 0.5) is 0 Å². The molecule has 3 aromatic rings. The van der Waals surface area contributed by atoms with Crippen LogP contribution in [0, 0.1) is 11.8 Å². The molecule has 0 bridgehead atoms. The Balaban J connectivity index is 1.29. The van der Waals surface area contributed by atoms with Crippen molar-refractivity contribution in [3.8, 4) is 5.75 Å². The minimum Gasteiger partial charge on any atom is -0.497 e. The highest BCUT2D eigenvalue weighted by molar-refractivity contribution is 7.99. The second kappa shape index (κ2) is 13.2. The molecule has 1 saturated heterocycles. The molecule has 0 aliphatic carbocycles. The number of aliphatic carboxylic acids is 1. The number of ether oxygens (including phenoxy) is 1. The molecule has 1 aliphatic rings. The van der Waals surface area contributed by atoms with E-state index in [0.717, 1.165) is 68.8 Å². The topological polar surface area (TPSA) is 67.6 Å². The fourth-order valence-corrected chi connectivity index (χ4v) is 6.44. The van der Waals surface area contributed by atoms with Crippen molar-refractivity contribution in [2.45, 2.75) is 50.0 Å². The third kappa shape index (κ3) is 7.26. The van der Waals surface area contributed by atoms with Crippen molar-refractivity contribution in [1.29, 1.82) is 0 Å². The quantitative estimate of drug-likeness (QED) is 0.229. The van der Waals surface area contributed by atoms with Gasteiger partial charge in [0.2, 0.25) is 0 Å². The number of likely N-dealkylation sites (tertiary alicyclic amines) is 1. The molecule has 36 heavy (non-hydrogen) atoms. The number of piperidine rings is 1. The van der Waals surface area contributed by atoms with E-state index in [0.29, 0.717) is 11.8 Å². The first-order valence-electron chi connectivity index (χ1n) is 13.1. The highest BCUT2D eigenvalue weighted by atomic mass is 32.2. The number of aryl methyl sites for hydroxylation is 2. The lowest BCUT2D eigenvalue weighted by molar-refractivity contribution is -0.137. The van der Waals surface area contributed by atoms with E-state index in [-0.39, 0.29) is 6.42 Å². The summed E-state index contributed by atoms with van der Waals surface area (Å²) < 4.78 is 7.59. The summed E-state index contributed by atoms with van der Waals surface area (Å²) >= 11 is 1.92. The Bertz CT molecular complexity index is 1130. The molecule has 4 rings (SSSR count). The summed E-state index contributed by atoms with van der Waals surface area (Å²) in [6, 6.07) is 12.5. The van der Waals surface area contributed by atoms with E-state index < -0.39 is 5.97 Å². The highest BCUT2D eigenvalue weighted by Crippen LogP contribution is 2.32. The van der Waals surface area contributed by atoms with Crippen LogP contribution in [0.2, 0.25) is 0 Å². The standard InChI is InChI=1S/C29H39N3O3S/c1-31-16-4-8-28(31)36-19-5-17-32-18-14-22(24(21-32)9-12-29(33)34)6-3-7-23-13-15-30-27-11-10-25(35-2)20-26(23)27/h4,8,10-11,13,15-16,20,22,24H,3,5-7,9,12,14,17-19,21H2,1-2H3,(H,33,34)/t22-,24+/m1/s1. The summed E-state index contributed by atoms with van der Waals surface area (Å²) in [5.41, 5.74) is 2.32. The van der Waals surface area contributed by atoms with Gasteiger partial charge in [0.25, 0.3) is 0 Å². The van der Waals surface area contributed by atoms with Gasteiger partial charge < -0.3 is 19.3 Å². The third-order valence-electron chi connectivity index (χ3n) is 7.53. The fraction of sp³-hybridized carbons (Fsp3) is 0.517. The molecular weight excluding hydrogens is 470 g/mol. The molecule has 7 heteroatoms. The zero-order valence-corrected chi connectivity index (χ0v) is 22.4. The molecule has 0 radical (unpaired) electrons. The summed E-state index contributed by atoms with van der Waals surface area (Å²) in [6.07, 6.45) is 10.6. The first kappa shape index (κ1) is 26.6. The summed E-state index contributed by atoms with van der Waals surface area (Å²) in [5, 5.41) is 11.8. The van der Waals surface area contributed by atoms with Crippen molar-refractivity contribution in [3.05, 3.63) is 54.4 Å². The van der Waals surface area contributed by atoms with Crippen LogP contribution in [-0.4, -0.2) is 58.0 Å². The molecule has 0 saturated carbocycles. The van der Waals surface area contributed by atoms with Crippen LogP contribution in [0.1, 0.15) is 44.1 Å². The van der Waals surface area contributed by atoms with Crippen LogP contribution in [0.3, 0.4) is 0 Å². The van der Waals surface area contributed by atoms with Gasteiger partial charge in [-0.2, -0.15) is 0 Å². The number of carboxylic acid groups (broad SMARTS) is 1. The van der Waals surface area contributed by atoms with E-state index in [1.165, 1.54) is 22.4 Å². The van der Waals surface area contributed by atoms with Crippen molar-refractivity contribution in [2.24, 2.45) is 18.9 Å². The molecule has 1 N–H and O–H groups in total. The average molecular weight is 510 g/mol. The summed E-state index contributed by atoms with van der Waals surface area (Å²) in [4.78, 5) is 18.4. The zero-order chi connectivity index (χ0) is 25.3. The molecule has 0 spiro atoms. The van der Waals surface area contributed by atoms with E-state index in [1.807, 2.05) is 30.1 Å². The molecule has 3 heterocycles. The van der Waals surface area contributed by atoms with Crippen molar-refractivity contribution >= 4 is 28.6 Å². The van der Waals surface area contributed by atoms with Gasteiger partial charge in [0.1, 0.15) is 5.75 Å². The largest absolute Gasteiger partial charge is 0.497 e. The zero-order valence-electron chi connectivity index (χ0n) is 21.6. The molecule has 0 unspecified atom stereocenters. The minimum atomic E-state index is -0.679. The van der Waals surface area contributed by atoms with E-state index in [2.05, 4.69) is 52.0 Å². The molecule has 1 fully saturated rings. The van der Waals surface area contributed by atoms with Gasteiger partial charge >= 0.3 is 5.97 Å². The maximum atomic E-state index is 11.3. The Hall–Kier alpha value is -2.51. The molecule has 1 aliphatic heterocycles. The second-order valence-electron chi connectivity index (χ2n) is 9.95. The van der Waals surface area contributed by atoms with Crippen molar-refractivity contribution in [3.63, 3.8) is 0 Å². The monoisotopic (exact) mass is 509 g/mol. The van der Waals surface area contributed by atoms with E-state index in [1.54, 1.807) is 7.11 Å². The maximum Gasteiger partial charge on any atom is 0.303 e. The molecule has 194 valence electrons. The van der Waals surface area contributed by atoms with Gasteiger partial charge in [-0.15, -0.1) is 11.8 Å². The van der Waals surface area contributed by atoms with Gasteiger partial charge in [0.05, 0.1) is 17.7 Å². The smallest absolute Gasteiger partial charge is 0.303 e. The highest BCUT2D eigenvalue weighted by Gasteiger charge is 2.29. The maximum absolute atomic E-state index is 11.3. The molecule has 6 nitrogen and oxygen atoms in total. The summed E-state index contributed by atoms with van der Waals surface area (Å²) in [5.74, 6) is 2.36. The SMILES string of the molecule is COc1ccc2nccc(CCC[C@@H]3CCN(CCCSc4cccn4C)C[C@@H]3CCC(=O)O)c2c1. The molecular formula is C29H39N3O3S. The van der Waals surface area contributed by atoms with Crippen LogP contribution in [0.5, 0.6) is 5.75 Å². The van der Waals surface area contributed by atoms with Crippen molar-refractivity contribution in [1.82, 2.24) is 14.5 Å². The lowest BCUT2D eigenvalue weighted by Crippen LogP contribution is -2.41. The lowest BCUT2D eigenvalue weighted by atomic mass is 9.79. The summed E-state index contributed by atoms with van der Waals surface area (Å²) in [6.45, 7) is 3.25. The number of methoxy groups -OCH3 is 1. The van der Waals surface area contributed by atoms with Crippen LogP contribution in [0.15, 0.2) is 53.8 Å². The van der Waals surface area contributed by atoms with Crippen LogP contribution in [-0.2, 0) is 18.3 Å². The number of fused-ring (bicyclic) bond motifs is 1. The first-order valence-corrected chi connectivity index (χ1v) is 14.1. The number of hydrogen-bond acceptors (Lipinski definition) is 5. The normalized spacial score (nSPS) is 18.5. The lowest BCUT2D eigenvalue weighted by Gasteiger charge is -2.39. The first-order chi connectivity index (χ1) is 17.5. The van der Waals surface area contributed by atoms with E-state index >= 15 is 0 Å². The predicted molar refractivity (Wildman–Crippen MR) is 147 cm³/mol. The number of rotatable bonds is 13. The van der Waals surface area contributed by atoms with Gasteiger partial charge in [-0.25, -0.2) is 0 Å². The Kier molecular flexibility index (Phi) is 9.70. The predicted octanol–water partition coefficient (Wildman–Crippen LogP) is 5.89. The van der Waals surface area contributed by atoms with Gasteiger partial charge in [0.15, 0.2) is 0 Å². The van der Waals surface area contributed by atoms with E-state index in [9.17, 15) is 9.90 Å². The number of aromatic nitrogens is 2. The van der Waals surface area contributed by atoms with Crippen LogP contribution >= 0.6 is 11.8 Å². The van der Waals surface area contributed by atoms with E-state index in [4.69, 9.17) is 4.74 Å². The Labute approximate surface area is 219 Å². The average Bonchev–Trinajstić information content (AvgIpc) is 3.30. The van der Waals surface area contributed by atoms with Gasteiger partial charge in [0, 0.05) is 43.5 Å². The number of benzene rings is 1. The minimum absolute atomic E-state index is 0.271. The van der Waals surface area contributed by atoms with Crippen LogP contribution < -0.4 is 4.74 Å². The molecule has 2 atom stereocenters. The number of thioether (sulfide) groups is 1. The summed E-state index contributed by atoms with van der Waals surface area (Å²) in [7, 11) is 3.79. The third-order valence-corrected chi connectivity index (χ3v) is 8.74. The van der Waals surface area contributed by atoms with Gasteiger partial charge in [-0.05, 0) is 105 Å². The number of nitrogens with zero attached hydrogens (tertiary/aromatic N) is 3. The van der Waals surface area contributed by atoms with Crippen molar-refractivity contribution in [2.75, 3.05) is 32.5 Å². The van der Waals surface area contributed by atoms with Crippen LogP contribution in [0.25, 0.3) is 10.9 Å². The number of carboxylic acids is 1. The second-order valence-corrected chi connectivity index (χ2v) is 11.1. The van der Waals surface area contributed by atoms with Gasteiger partial charge in [-0.1, -0.05) is 0 Å². The number of carbonyl (C=O) groups is 1. The molecule has 1 aromatic carbocycles. The Morgan fingerprint density at radius 3 is 2.86 bits per heavy atom. The van der Waals surface area contributed by atoms with Crippen molar-refractivity contribution < 1.29 is 14.6 Å². The molecule has 0 amide bonds. The molecule has 2 aromatic heterocycles. The number of hydrogen-bond donors (Lipinski definition) is 1.